The molecule has 0 radical (unpaired) electrons. The molecule has 0 spiro atoms. The second-order valence-electron chi connectivity index (χ2n) is 8.14. The van der Waals surface area contributed by atoms with Crippen LogP contribution in [0.15, 0.2) is 66.7 Å². The molecule has 2 aromatic heterocycles. The van der Waals surface area contributed by atoms with Gasteiger partial charge >= 0.3 is 0 Å². The number of aromatic nitrogens is 4. The Hall–Kier alpha value is -4.05. The van der Waals surface area contributed by atoms with Crippen molar-refractivity contribution < 1.29 is 14.0 Å². The number of nitrogens with one attached hydrogen (secondary N) is 2. The first-order chi connectivity index (χ1) is 17.5. The van der Waals surface area contributed by atoms with Crippen LogP contribution in [0, 0.1) is 5.82 Å². The zero-order valence-corrected chi connectivity index (χ0v) is 20.3. The maximum absolute atomic E-state index is 13.7. The minimum absolute atomic E-state index is 0.0693. The number of anilines is 2. The Morgan fingerprint density at radius 2 is 1.50 bits per heavy atom. The quantitative estimate of drug-likeness (QED) is 0.293. The molecule has 4 aromatic rings. The van der Waals surface area contributed by atoms with Crippen LogP contribution < -0.4 is 10.6 Å². The standard InChI is InChI=1S/C26H25FN6O2S/c27-21-12-6-4-10-19(21)17-24(35)28-22-15-14-20(30-31-22)11-5-7-13-25-32-33-26(36-25)29-23(34)16-18-8-2-1-3-9-18/h1-4,6,8-10,12,14-15H,5,7,11,13,16-17H2,(H,28,31,35)(H,29,33,34). The van der Waals surface area contributed by atoms with Crippen molar-refractivity contribution in [2.45, 2.75) is 38.5 Å². The number of hydrogen-bond acceptors (Lipinski definition) is 7. The van der Waals surface area contributed by atoms with Crippen LogP contribution in [0.25, 0.3) is 0 Å². The van der Waals surface area contributed by atoms with Crippen molar-refractivity contribution in [2.24, 2.45) is 0 Å². The lowest BCUT2D eigenvalue weighted by Crippen LogP contribution is -2.16. The lowest BCUT2D eigenvalue weighted by Gasteiger charge is -2.06. The minimum Gasteiger partial charge on any atom is -0.309 e. The predicted molar refractivity (Wildman–Crippen MR) is 136 cm³/mol. The van der Waals surface area contributed by atoms with Crippen LogP contribution in [0.1, 0.15) is 34.7 Å². The molecule has 8 nitrogen and oxygen atoms in total. The highest BCUT2D eigenvalue weighted by atomic mass is 32.1. The number of amides is 2. The van der Waals surface area contributed by atoms with E-state index in [-0.39, 0.29) is 18.2 Å². The van der Waals surface area contributed by atoms with E-state index in [1.165, 1.54) is 17.4 Å². The summed E-state index contributed by atoms with van der Waals surface area (Å²) >= 11 is 1.38. The first-order valence-corrected chi connectivity index (χ1v) is 12.4. The van der Waals surface area contributed by atoms with E-state index >= 15 is 0 Å². The van der Waals surface area contributed by atoms with Crippen LogP contribution >= 0.6 is 11.3 Å². The minimum atomic E-state index is -0.411. The largest absolute Gasteiger partial charge is 0.309 e. The van der Waals surface area contributed by atoms with Crippen molar-refractivity contribution in [2.75, 3.05) is 10.6 Å². The lowest BCUT2D eigenvalue weighted by molar-refractivity contribution is -0.116. The Bertz CT molecular complexity index is 1300. The fourth-order valence-electron chi connectivity index (χ4n) is 3.49. The van der Waals surface area contributed by atoms with Crippen molar-refractivity contribution in [3.05, 3.63) is 94.4 Å². The second kappa shape index (κ2) is 12.6. The van der Waals surface area contributed by atoms with Crippen LogP contribution in [0.5, 0.6) is 0 Å². The first kappa shape index (κ1) is 25.1. The Balaban J connectivity index is 1.15. The summed E-state index contributed by atoms with van der Waals surface area (Å²) in [5.41, 5.74) is 2.09. The molecule has 10 heteroatoms. The molecule has 184 valence electrons. The normalized spacial score (nSPS) is 10.7. The molecule has 0 aliphatic rings. The molecule has 0 aliphatic carbocycles. The lowest BCUT2D eigenvalue weighted by atomic mass is 10.1. The van der Waals surface area contributed by atoms with Gasteiger partial charge in [-0.1, -0.05) is 59.9 Å². The monoisotopic (exact) mass is 504 g/mol. The summed E-state index contributed by atoms with van der Waals surface area (Å²) in [6.07, 6.45) is 3.48. The zero-order chi connectivity index (χ0) is 25.2. The number of carbonyl (C=O) groups excluding carboxylic acids is 2. The third kappa shape index (κ3) is 7.74. The second-order valence-corrected chi connectivity index (χ2v) is 9.21. The number of nitrogens with zero attached hydrogens (tertiary/aromatic N) is 4. The number of unbranched alkanes of at least 4 members (excludes halogenated alkanes) is 1. The van der Waals surface area contributed by atoms with Gasteiger partial charge in [-0.2, -0.15) is 5.10 Å². The number of halogens is 1. The number of aryl methyl sites for hydroxylation is 2. The topological polar surface area (TPSA) is 110 Å². The molecule has 2 amide bonds. The van der Waals surface area contributed by atoms with E-state index in [9.17, 15) is 14.0 Å². The summed E-state index contributed by atoms with van der Waals surface area (Å²) in [7, 11) is 0. The van der Waals surface area contributed by atoms with Gasteiger partial charge in [-0.3, -0.25) is 9.59 Å². The maximum atomic E-state index is 13.7. The summed E-state index contributed by atoms with van der Waals surface area (Å²) in [5, 5.41) is 23.2. The van der Waals surface area contributed by atoms with Crippen LogP contribution in [-0.4, -0.2) is 32.2 Å². The molecule has 0 atom stereocenters. The average molecular weight is 505 g/mol. The Morgan fingerprint density at radius 1 is 0.750 bits per heavy atom. The van der Waals surface area contributed by atoms with E-state index in [0.717, 1.165) is 41.9 Å². The van der Waals surface area contributed by atoms with E-state index in [1.807, 2.05) is 36.4 Å². The first-order valence-electron chi connectivity index (χ1n) is 11.6. The average Bonchev–Trinajstić information content (AvgIpc) is 3.31. The number of carbonyl (C=O) groups is 2. The van der Waals surface area contributed by atoms with Crippen LogP contribution in [0.4, 0.5) is 15.3 Å². The molecule has 0 unspecified atom stereocenters. The van der Waals surface area contributed by atoms with Gasteiger partial charge in [0, 0.05) is 6.42 Å². The summed E-state index contributed by atoms with van der Waals surface area (Å²) in [5.74, 6) is -0.549. The van der Waals surface area contributed by atoms with Crippen molar-refractivity contribution in [1.29, 1.82) is 0 Å². The van der Waals surface area contributed by atoms with Gasteiger partial charge in [0.1, 0.15) is 10.8 Å². The Morgan fingerprint density at radius 3 is 2.28 bits per heavy atom. The van der Waals surface area contributed by atoms with Gasteiger partial charge in [-0.25, -0.2) is 4.39 Å². The molecule has 36 heavy (non-hydrogen) atoms. The van der Waals surface area contributed by atoms with Crippen molar-refractivity contribution in [1.82, 2.24) is 20.4 Å². The fraction of sp³-hybridized carbons (Fsp3) is 0.231. The van der Waals surface area contributed by atoms with Crippen LogP contribution in [-0.2, 0) is 35.3 Å². The maximum Gasteiger partial charge on any atom is 0.230 e. The Labute approximate surface area is 212 Å². The highest BCUT2D eigenvalue weighted by molar-refractivity contribution is 7.15. The molecule has 0 saturated heterocycles. The summed E-state index contributed by atoms with van der Waals surface area (Å²) < 4.78 is 13.7. The molecular weight excluding hydrogens is 479 g/mol. The van der Waals surface area contributed by atoms with Gasteiger partial charge in [0.25, 0.3) is 0 Å². The SMILES string of the molecule is O=C(Cc1ccccc1F)Nc1ccc(CCCCc2nnc(NC(=O)Cc3ccccc3)s2)nn1. The van der Waals surface area contributed by atoms with Gasteiger partial charge in [-0.05, 0) is 48.6 Å². The Kier molecular flexibility index (Phi) is 8.77. The fourth-order valence-corrected chi connectivity index (χ4v) is 4.29. The molecule has 4 rings (SSSR count). The number of rotatable bonds is 11. The van der Waals surface area contributed by atoms with Crippen molar-refractivity contribution >= 4 is 34.1 Å². The zero-order valence-electron chi connectivity index (χ0n) is 19.5. The predicted octanol–water partition coefficient (Wildman–Crippen LogP) is 4.40. The van der Waals surface area contributed by atoms with E-state index in [0.29, 0.717) is 22.9 Å². The summed E-state index contributed by atoms with van der Waals surface area (Å²) in [6, 6.07) is 19.2. The molecule has 0 fully saturated rings. The van der Waals surface area contributed by atoms with Gasteiger partial charge in [0.05, 0.1) is 18.5 Å². The van der Waals surface area contributed by atoms with Crippen LogP contribution in [0.3, 0.4) is 0 Å². The van der Waals surface area contributed by atoms with E-state index < -0.39 is 5.82 Å². The number of benzene rings is 2. The smallest absolute Gasteiger partial charge is 0.230 e. The van der Waals surface area contributed by atoms with E-state index in [4.69, 9.17) is 0 Å². The van der Waals surface area contributed by atoms with E-state index in [1.54, 1.807) is 24.3 Å². The number of hydrogen-bond donors (Lipinski definition) is 2. The molecular formula is C26H25FN6O2S. The molecule has 0 aliphatic heterocycles. The van der Waals surface area contributed by atoms with E-state index in [2.05, 4.69) is 31.0 Å². The van der Waals surface area contributed by atoms with Crippen molar-refractivity contribution in [3.8, 4) is 0 Å². The summed E-state index contributed by atoms with van der Waals surface area (Å²) in [6.45, 7) is 0. The third-order valence-corrected chi connectivity index (χ3v) is 6.19. The van der Waals surface area contributed by atoms with Crippen LogP contribution in [0.2, 0.25) is 0 Å². The van der Waals surface area contributed by atoms with Crippen molar-refractivity contribution in [3.63, 3.8) is 0 Å². The highest BCUT2D eigenvalue weighted by Crippen LogP contribution is 2.18. The third-order valence-electron chi connectivity index (χ3n) is 5.29. The van der Waals surface area contributed by atoms with Gasteiger partial charge in [0.15, 0.2) is 5.82 Å². The van der Waals surface area contributed by atoms with Gasteiger partial charge < -0.3 is 10.6 Å². The highest BCUT2D eigenvalue weighted by Gasteiger charge is 2.10. The molecule has 0 bridgehead atoms. The molecule has 2 heterocycles. The molecule has 0 saturated carbocycles. The van der Waals surface area contributed by atoms with Gasteiger partial charge in [-0.15, -0.1) is 15.3 Å². The summed E-state index contributed by atoms with van der Waals surface area (Å²) in [4.78, 5) is 24.3. The van der Waals surface area contributed by atoms with Gasteiger partial charge in [0.2, 0.25) is 16.9 Å². The molecule has 2 aromatic carbocycles. The molecule has 2 N–H and O–H groups in total.